The summed E-state index contributed by atoms with van der Waals surface area (Å²) in [5, 5.41) is 9.12. The molecule has 3 atom stereocenters. The van der Waals surface area contributed by atoms with Gasteiger partial charge in [0.15, 0.2) is 0 Å². The molecule has 0 amide bonds. The van der Waals surface area contributed by atoms with Crippen LogP contribution in [0.3, 0.4) is 0 Å². The van der Waals surface area contributed by atoms with Gasteiger partial charge < -0.3 is 5.11 Å². The van der Waals surface area contributed by atoms with Crippen molar-refractivity contribution >= 4 is 10.0 Å². The number of hydrogen-bond donors (Lipinski definition) is 2. The van der Waals surface area contributed by atoms with Crippen molar-refractivity contribution in [3.8, 4) is 0 Å². The lowest BCUT2D eigenvalue weighted by Crippen LogP contribution is -2.38. The van der Waals surface area contributed by atoms with Gasteiger partial charge in [-0.1, -0.05) is 44.5 Å². The average molecular weight is 311 g/mol. The molecule has 0 heterocycles. The van der Waals surface area contributed by atoms with Crippen molar-refractivity contribution in [3.63, 3.8) is 0 Å². The van der Waals surface area contributed by atoms with Gasteiger partial charge in [-0.2, -0.15) is 0 Å². The van der Waals surface area contributed by atoms with Crippen LogP contribution in [-0.4, -0.2) is 19.6 Å². The number of nitrogens with one attached hydrogen (secondary N) is 1. The molecule has 118 valence electrons. The Labute approximate surface area is 127 Å². The first kappa shape index (κ1) is 16.5. The normalized spacial score (nSPS) is 26.1. The maximum Gasteiger partial charge on any atom is 0.216 e. The molecule has 4 nitrogen and oxygen atoms in total. The molecule has 0 aliphatic heterocycles. The topological polar surface area (TPSA) is 66.4 Å². The molecule has 1 aromatic rings. The molecule has 21 heavy (non-hydrogen) atoms. The van der Waals surface area contributed by atoms with Gasteiger partial charge in [-0.25, -0.2) is 13.1 Å². The highest BCUT2D eigenvalue weighted by molar-refractivity contribution is 7.88. The molecule has 0 aromatic heterocycles. The first-order chi connectivity index (χ1) is 9.95. The van der Waals surface area contributed by atoms with Crippen LogP contribution in [0, 0.1) is 11.8 Å². The van der Waals surface area contributed by atoms with Crippen LogP contribution in [0.25, 0.3) is 0 Å². The van der Waals surface area contributed by atoms with Crippen LogP contribution < -0.4 is 4.72 Å². The Bertz CT molecular complexity index is 571. The lowest BCUT2D eigenvalue weighted by atomic mass is 9.94. The number of aliphatic hydroxyl groups is 1. The van der Waals surface area contributed by atoms with Crippen LogP contribution in [0.5, 0.6) is 0 Å². The van der Waals surface area contributed by atoms with E-state index in [4.69, 9.17) is 5.11 Å². The van der Waals surface area contributed by atoms with Crippen molar-refractivity contribution < 1.29 is 13.5 Å². The molecule has 5 heteroatoms. The Balaban J connectivity index is 2.02. The summed E-state index contributed by atoms with van der Waals surface area (Å²) in [6.45, 7) is 4.23. The van der Waals surface area contributed by atoms with Crippen LogP contribution in [0.15, 0.2) is 24.3 Å². The predicted molar refractivity (Wildman–Crippen MR) is 84.1 cm³/mol. The second-order valence-electron chi connectivity index (χ2n) is 6.07. The van der Waals surface area contributed by atoms with Crippen LogP contribution in [0.1, 0.15) is 44.2 Å². The highest BCUT2D eigenvalue weighted by Gasteiger charge is 2.33. The van der Waals surface area contributed by atoms with E-state index >= 15 is 0 Å². The van der Waals surface area contributed by atoms with Crippen molar-refractivity contribution in [2.24, 2.45) is 11.8 Å². The summed E-state index contributed by atoms with van der Waals surface area (Å²) in [4.78, 5) is 0. The first-order valence-electron chi connectivity index (χ1n) is 7.64. The zero-order chi connectivity index (χ0) is 15.5. The third kappa shape index (κ3) is 4.28. The van der Waals surface area contributed by atoms with Crippen LogP contribution in [-0.2, 0) is 22.4 Å². The van der Waals surface area contributed by atoms with Crippen molar-refractivity contribution in [2.45, 2.75) is 51.5 Å². The molecule has 2 N–H and O–H groups in total. The monoisotopic (exact) mass is 311 g/mol. The zero-order valence-corrected chi connectivity index (χ0v) is 13.6. The molecule has 1 aliphatic rings. The molecule has 1 fully saturated rings. The summed E-state index contributed by atoms with van der Waals surface area (Å²) in [5.74, 6) is 0.991. The van der Waals surface area contributed by atoms with Gasteiger partial charge in [0.25, 0.3) is 0 Å². The van der Waals surface area contributed by atoms with Gasteiger partial charge in [0.2, 0.25) is 10.0 Å². The molecule has 1 aliphatic carbocycles. The number of aliphatic hydroxyl groups excluding tert-OH is 1. The summed E-state index contributed by atoms with van der Waals surface area (Å²) in [5.41, 5.74) is 1.45. The quantitative estimate of drug-likeness (QED) is 0.848. The van der Waals surface area contributed by atoms with E-state index in [-0.39, 0.29) is 18.4 Å². The molecule has 0 saturated heterocycles. The fourth-order valence-corrected chi connectivity index (χ4v) is 4.80. The summed E-state index contributed by atoms with van der Waals surface area (Å²) in [7, 11) is -3.34. The molecular formula is C16H25NO3S. The number of rotatable bonds is 6. The van der Waals surface area contributed by atoms with Crippen molar-refractivity contribution in [2.75, 3.05) is 0 Å². The minimum Gasteiger partial charge on any atom is -0.392 e. The van der Waals surface area contributed by atoms with Gasteiger partial charge in [0.05, 0.1) is 12.4 Å². The van der Waals surface area contributed by atoms with E-state index < -0.39 is 10.0 Å². The molecular weight excluding hydrogens is 286 g/mol. The Morgan fingerprint density at radius 2 is 2.00 bits per heavy atom. The van der Waals surface area contributed by atoms with Crippen LogP contribution >= 0.6 is 0 Å². The maximum absolute atomic E-state index is 12.3. The third-order valence-electron chi connectivity index (χ3n) is 4.61. The SMILES string of the molecule is CCC1CCC(NS(=O)(=O)Cc2cccc(CO)c2)C1C. The zero-order valence-electron chi connectivity index (χ0n) is 12.7. The van der Waals surface area contributed by atoms with Crippen LogP contribution in [0.4, 0.5) is 0 Å². The minimum atomic E-state index is -3.34. The third-order valence-corrected chi connectivity index (χ3v) is 5.99. The molecule has 3 unspecified atom stereocenters. The van der Waals surface area contributed by atoms with Gasteiger partial charge in [-0.15, -0.1) is 0 Å². The van der Waals surface area contributed by atoms with Gasteiger partial charge >= 0.3 is 0 Å². The van der Waals surface area contributed by atoms with Gasteiger partial charge in [0.1, 0.15) is 0 Å². The maximum atomic E-state index is 12.3. The highest BCUT2D eigenvalue weighted by atomic mass is 32.2. The number of hydrogen-bond acceptors (Lipinski definition) is 3. The van der Waals surface area contributed by atoms with Crippen molar-refractivity contribution in [1.29, 1.82) is 0 Å². The average Bonchev–Trinajstić information content (AvgIpc) is 2.78. The van der Waals surface area contributed by atoms with Crippen molar-refractivity contribution in [1.82, 2.24) is 4.72 Å². The van der Waals surface area contributed by atoms with E-state index in [1.54, 1.807) is 24.3 Å². The Morgan fingerprint density at radius 3 is 2.62 bits per heavy atom. The highest BCUT2D eigenvalue weighted by Crippen LogP contribution is 2.34. The molecule has 0 spiro atoms. The lowest BCUT2D eigenvalue weighted by Gasteiger charge is -2.21. The molecule has 1 saturated carbocycles. The second-order valence-corrected chi connectivity index (χ2v) is 7.82. The van der Waals surface area contributed by atoms with Gasteiger partial charge in [-0.3, -0.25) is 0 Å². The summed E-state index contributed by atoms with van der Waals surface area (Å²) < 4.78 is 27.5. The molecule has 1 aromatic carbocycles. The fraction of sp³-hybridized carbons (Fsp3) is 0.625. The summed E-state index contributed by atoms with van der Waals surface area (Å²) >= 11 is 0. The van der Waals surface area contributed by atoms with E-state index in [1.807, 2.05) is 0 Å². The Kier molecular flexibility index (Phi) is 5.41. The van der Waals surface area contributed by atoms with E-state index in [0.29, 0.717) is 17.4 Å². The Hall–Kier alpha value is -0.910. The number of benzene rings is 1. The van der Waals surface area contributed by atoms with E-state index in [2.05, 4.69) is 18.6 Å². The van der Waals surface area contributed by atoms with Gasteiger partial charge in [-0.05, 0) is 35.8 Å². The van der Waals surface area contributed by atoms with Gasteiger partial charge in [0, 0.05) is 6.04 Å². The molecule has 2 rings (SSSR count). The summed E-state index contributed by atoms with van der Waals surface area (Å²) in [6, 6.07) is 7.15. The van der Waals surface area contributed by atoms with E-state index in [1.165, 1.54) is 0 Å². The lowest BCUT2D eigenvalue weighted by molar-refractivity contribution is 0.281. The minimum absolute atomic E-state index is 0.0269. The second kappa shape index (κ2) is 6.90. The largest absolute Gasteiger partial charge is 0.392 e. The molecule has 0 radical (unpaired) electrons. The van der Waals surface area contributed by atoms with E-state index in [0.717, 1.165) is 24.8 Å². The van der Waals surface area contributed by atoms with Crippen LogP contribution in [0.2, 0.25) is 0 Å². The first-order valence-corrected chi connectivity index (χ1v) is 9.29. The Morgan fingerprint density at radius 1 is 1.29 bits per heavy atom. The number of sulfonamides is 1. The van der Waals surface area contributed by atoms with Crippen molar-refractivity contribution in [3.05, 3.63) is 35.4 Å². The fourth-order valence-electron chi connectivity index (χ4n) is 3.30. The standard InChI is InChI=1S/C16H25NO3S/c1-3-15-7-8-16(12(15)2)17-21(19,20)11-14-6-4-5-13(9-14)10-18/h4-6,9,12,15-18H,3,7-8,10-11H2,1-2H3. The smallest absolute Gasteiger partial charge is 0.216 e. The van der Waals surface area contributed by atoms with E-state index in [9.17, 15) is 8.42 Å². The molecule has 0 bridgehead atoms. The predicted octanol–water partition coefficient (Wildman–Crippen LogP) is 2.42. The summed E-state index contributed by atoms with van der Waals surface area (Å²) in [6.07, 6.45) is 3.14.